The van der Waals surface area contributed by atoms with Crippen molar-refractivity contribution in [2.24, 2.45) is 0 Å². The van der Waals surface area contributed by atoms with Crippen LogP contribution in [0.2, 0.25) is 5.02 Å². The number of hydrogen-bond acceptors (Lipinski definition) is 3. The van der Waals surface area contributed by atoms with Gasteiger partial charge in [-0.2, -0.15) is 0 Å². The van der Waals surface area contributed by atoms with Gasteiger partial charge in [0.15, 0.2) is 17.8 Å². The number of carbonyl (C=O) groups excluding carboxylic acids is 1. The fourth-order valence-electron chi connectivity index (χ4n) is 1.77. The first kappa shape index (κ1) is 15.8. The van der Waals surface area contributed by atoms with Gasteiger partial charge in [-0.25, -0.2) is 4.39 Å². The molecule has 0 unspecified atom stereocenters. The first-order valence-electron chi connectivity index (χ1n) is 5.94. The Labute approximate surface area is 134 Å². The molecule has 0 radical (unpaired) electrons. The molecule has 0 saturated carbocycles. The van der Waals surface area contributed by atoms with Crippen molar-refractivity contribution in [2.45, 2.75) is 6.61 Å². The lowest BCUT2D eigenvalue weighted by molar-refractivity contribution is 0.111. The molecule has 0 atom stereocenters. The van der Waals surface area contributed by atoms with Crippen LogP contribution in [-0.2, 0) is 6.61 Å². The van der Waals surface area contributed by atoms with Gasteiger partial charge in [0.05, 0.1) is 12.7 Å². The van der Waals surface area contributed by atoms with E-state index >= 15 is 0 Å². The van der Waals surface area contributed by atoms with E-state index in [0.717, 1.165) is 0 Å². The maximum atomic E-state index is 13.8. The molecule has 0 fully saturated rings. The van der Waals surface area contributed by atoms with Gasteiger partial charge < -0.3 is 9.47 Å². The Morgan fingerprint density at radius 1 is 1.33 bits per heavy atom. The molecule has 0 amide bonds. The molecule has 0 N–H and O–H groups in total. The Hall–Kier alpha value is -1.59. The largest absolute Gasteiger partial charge is 0.493 e. The summed E-state index contributed by atoms with van der Waals surface area (Å²) in [6, 6.07) is 7.65. The van der Waals surface area contributed by atoms with Crippen molar-refractivity contribution in [3.63, 3.8) is 0 Å². The maximum absolute atomic E-state index is 13.8. The van der Waals surface area contributed by atoms with Crippen LogP contribution in [0, 0.1) is 5.82 Å². The van der Waals surface area contributed by atoms with E-state index in [4.69, 9.17) is 21.1 Å². The van der Waals surface area contributed by atoms with E-state index in [-0.39, 0.29) is 17.9 Å². The van der Waals surface area contributed by atoms with Crippen LogP contribution >= 0.6 is 27.5 Å². The van der Waals surface area contributed by atoms with Crippen molar-refractivity contribution >= 4 is 33.8 Å². The summed E-state index contributed by atoms with van der Waals surface area (Å²) in [5.41, 5.74) is 0.615. The highest BCUT2D eigenvalue weighted by Crippen LogP contribution is 2.34. The number of carbonyl (C=O) groups is 1. The number of aldehydes is 1. The summed E-state index contributed by atoms with van der Waals surface area (Å²) in [6.45, 7) is -0.0298. The zero-order valence-electron chi connectivity index (χ0n) is 11.0. The minimum Gasteiger partial charge on any atom is -0.493 e. The Bertz CT molecular complexity index is 676. The average molecular weight is 374 g/mol. The molecule has 110 valence electrons. The molecular formula is C15H11BrClFO3. The molecule has 0 aliphatic rings. The normalized spacial score (nSPS) is 10.3. The number of hydrogen-bond donors (Lipinski definition) is 0. The van der Waals surface area contributed by atoms with Gasteiger partial charge in [-0.05, 0) is 18.2 Å². The monoisotopic (exact) mass is 372 g/mol. The van der Waals surface area contributed by atoms with E-state index in [1.807, 2.05) is 0 Å². The number of ether oxygens (including phenoxy) is 2. The maximum Gasteiger partial charge on any atom is 0.172 e. The van der Waals surface area contributed by atoms with Crippen LogP contribution in [0.3, 0.4) is 0 Å². The van der Waals surface area contributed by atoms with Gasteiger partial charge in [0.2, 0.25) is 0 Å². The molecule has 0 aliphatic heterocycles. The second kappa shape index (κ2) is 6.91. The molecule has 0 saturated heterocycles. The molecule has 0 spiro atoms. The van der Waals surface area contributed by atoms with Crippen molar-refractivity contribution in [1.29, 1.82) is 0 Å². The highest BCUT2D eigenvalue weighted by Gasteiger charge is 2.13. The summed E-state index contributed by atoms with van der Waals surface area (Å²) in [5, 5.41) is 0.358. The van der Waals surface area contributed by atoms with Crippen LogP contribution in [0.15, 0.2) is 34.8 Å². The van der Waals surface area contributed by atoms with Crippen LogP contribution in [0.1, 0.15) is 15.9 Å². The third-order valence-electron chi connectivity index (χ3n) is 2.78. The lowest BCUT2D eigenvalue weighted by atomic mass is 10.2. The fraction of sp³-hybridized carbons (Fsp3) is 0.133. The lowest BCUT2D eigenvalue weighted by Crippen LogP contribution is -2.02. The van der Waals surface area contributed by atoms with Crippen LogP contribution in [0.4, 0.5) is 4.39 Å². The molecular weight excluding hydrogens is 363 g/mol. The first-order chi connectivity index (χ1) is 10.0. The van der Waals surface area contributed by atoms with Crippen molar-refractivity contribution in [2.75, 3.05) is 7.11 Å². The number of halogens is 3. The molecule has 0 aliphatic carbocycles. The van der Waals surface area contributed by atoms with Gasteiger partial charge in [-0.1, -0.05) is 33.6 Å². The Morgan fingerprint density at radius 3 is 2.71 bits per heavy atom. The first-order valence-corrected chi connectivity index (χ1v) is 7.11. The van der Waals surface area contributed by atoms with Crippen LogP contribution in [-0.4, -0.2) is 13.4 Å². The predicted octanol–water partition coefficient (Wildman–Crippen LogP) is 4.64. The Morgan fingerprint density at radius 2 is 2.10 bits per heavy atom. The topological polar surface area (TPSA) is 35.5 Å². The second-order valence-corrected chi connectivity index (χ2v) is 5.52. The third kappa shape index (κ3) is 3.74. The Balaban J connectivity index is 2.29. The summed E-state index contributed by atoms with van der Waals surface area (Å²) < 4.78 is 25.1. The summed E-state index contributed by atoms with van der Waals surface area (Å²) in [5.74, 6) is 0.159. The lowest BCUT2D eigenvalue weighted by Gasteiger charge is -2.13. The molecule has 0 bridgehead atoms. The van der Waals surface area contributed by atoms with Gasteiger partial charge in [-0.15, -0.1) is 0 Å². The second-order valence-electron chi connectivity index (χ2n) is 4.17. The molecule has 2 aromatic rings. The van der Waals surface area contributed by atoms with Crippen LogP contribution in [0.5, 0.6) is 11.5 Å². The molecule has 6 heteroatoms. The van der Waals surface area contributed by atoms with E-state index in [0.29, 0.717) is 27.1 Å². The molecule has 3 nitrogen and oxygen atoms in total. The minimum absolute atomic E-state index is 0.0298. The number of methoxy groups -OCH3 is 1. The summed E-state index contributed by atoms with van der Waals surface area (Å²) >= 11 is 9.06. The summed E-state index contributed by atoms with van der Waals surface area (Å²) in [7, 11) is 1.44. The van der Waals surface area contributed by atoms with Gasteiger partial charge in [-0.3, -0.25) is 4.79 Å². The minimum atomic E-state index is -0.398. The molecule has 2 rings (SSSR count). The van der Waals surface area contributed by atoms with Crippen molar-refractivity contribution in [1.82, 2.24) is 0 Å². The van der Waals surface area contributed by atoms with E-state index in [1.165, 1.54) is 25.3 Å². The standard InChI is InChI=1S/C15H11BrClFO3/c1-20-14-6-12(17)4-10(7-19)15(14)21-8-9-2-3-11(16)5-13(9)18/h2-7H,8H2,1H3. The van der Waals surface area contributed by atoms with Gasteiger partial charge >= 0.3 is 0 Å². The summed E-state index contributed by atoms with van der Waals surface area (Å²) in [6.07, 6.45) is 0.613. The Kier molecular flexibility index (Phi) is 5.20. The smallest absolute Gasteiger partial charge is 0.172 e. The number of rotatable bonds is 5. The molecule has 21 heavy (non-hydrogen) atoms. The van der Waals surface area contributed by atoms with Crippen LogP contribution in [0.25, 0.3) is 0 Å². The fourth-order valence-corrected chi connectivity index (χ4v) is 2.32. The van der Waals surface area contributed by atoms with E-state index < -0.39 is 5.82 Å². The van der Waals surface area contributed by atoms with Gasteiger partial charge in [0.25, 0.3) is 0 Å². The highest BCUT2D eigenvalue weighted by atomic mass is 79.9. The van der Waals surface area contributed by atoms with Crippen molar-refractivity contribution in [3.8, 4) is 11.5 Å². The zero-order chi connectivity index (χ0) is 15.4. The SMILES string of the molecule is COc1cc(Cl)cc(C=O)c1OCc1ccc(Br)cc1F. The predicted molar refractivity (Wildman–Crippen MR) is 81.8 cm³/mol. The average Bonchev–Trinajstić information content (AvgIpc) is 2.46. The summed E-state index contributed by atoms with van der Waals surface area (Å²) in [4.78, 5) is 11.1. The molecule has 2 aromatic carbocycles. The van der Waals surface area contributed by atoms with Crippen molar-refractivity contribution < 1.29 is 18.7 Å². The van der Waals surface area contributed by atoms with E-state index in [9.17, 15) is 9.18 Å². The van der Waals surface area contributed by atoms with E-state index in [1.54, 1.807) is 12.1 Å². The van der Waals surface area contributed by atoms with Crippen molar-refractivity contribution in [3.05, 3.63) is 56.8 Å². The molecule has 0 heterocycles. The quantitative estimate of drug-likeness (QED) is 0.716. The molecule has 0 aromatic heterocycles. The zero-order valence-corrected chi connectivity index (χ0v) is 13.4. The highest BCUT2D eigenvalue weighted by molar-refractivity contribution is 9.10. The van der Waals surface area contributed by atoms with Gasteiger partial charge in [0, 0.05) is 21.1 Å². The van der Waals surface area contributed by atoms with Gasteiger partial charge in [0.1, 0.15) is 12.4 Å². The number of benzene rings is 2. The van der Waals surface area contributed by atoms with Crippen LogP contribution < -0.4 is 9.47 Å². The van der Waals surface area contributed by atoms with E-state index in [2.05, 4.69) is 15.9 Å². The third-order valence-corrected chi connectivity index (χ3v) is 3.49.